The van der Waals surface area contributed by atoms with Crippen LogP contribution in [0.1, 0.15) is 53.4 Å². The lowest BCUT2D eigenvalue weighted by Gasteiger charge is -2.58. The molecule has 0 aromatic rings. The Morgan fingerprint density at radius 2 is 1.84 bits per heavy atom. The van der Waals surface area contributed by atoms with E-state index in [1.54, 1.807) is 25.2 Å². The lowest BCUT2D eigenvalue weighted by atomic mass is 9.51. The number of carbonyl (C=O) groups is 2. The number of aliphatic hydroxyl groups is 1. The molecule has 8 heteroatoms. The van der Waals surface area contributed by atoms with Crippen molar-refractivity contribution in [2.75, 3.05) is 19.8 Å². The second-order valence-corrected chi connectivity index (χ2v) is 11.4. The minimum absolute atomic E-state index is 0.144. The topological polar surface area (TPSA) is 104 Å². The van der Waals surface area contributed by atoms with Crippen molar-refractivity contribution in [2.24, 2.45) is 10.8 Å². The van der Waals surface area contributed by atoms with Crippen LogP contribution in [0.5, 0.6) is 0 Å². The molecule has 0 radical (unpaired) electrons. The maximum absolute atomic E-state index is 12.9. The zero-order valence-electron chi connectivity index (χ0n) is 22.1. The largest absolute Gasteiger partial charge is 0.462 e. The van der Waals surface area contributed by atoms with Gasteiger partial charge in [0.05, 0.1) is 36.9 Å². The number of cyclic esters (lactones) is 1. The van der Waals surface area contributed by atoms with E-state index in [0.29, 0.717) is 26.1 Å². The van der Waals surface area contributed by atoms with Gasteiger partial charge in [-0.25, -0.2) is 9.59 Å². The van der Waals surface area contributed by atoms with Crippen LogP contribution in [0.15, 0.2) is 47.6 Å². The first-order valence-electron chi connectivity index (χ1n) is 13.3. The van der Waals surface area contributed by atoms with Crippen LogP contribution in [-0.4, -0.2) is 73.0 Å². The van der Waals surface area contributed by atoms with Crippen LogP contribution in [0.4, 0.5) is 0 Å². The molecule has 0 aromatic heterocycles. The molecule has 8 nitrogen and oxygen atoms in total. The second-order valence-electron chi connectivity index (χ2n) is 11.4. The first-order chi connectivity index (χ1) is 17.6. The number of hydrogen-bond donors (Lipinski definition) is 1. The van der Waals surface area contributed by atoms with Crippen LogP contribution in [-0.2, 0) is 33.3 Å². The molecular weight excluding hydrogens is 476 g/mol. The number of rotatable bonds is 1. The van der Waals surface area contributed by atoms with Gasteiger partial charge in [0, 0.05) is 24.0 Å². The van der Waals surface area contributed by atoms with Crippen LogP contribution >= 0.6 is 0 Å². The summed E-state index contributed by atoms with van der Waals surface area (Å²) in [5.74, 6) is -0.879. The molecule has 3 aliphatic heterocycles. The third kappa shape index (κ3) is 4.42. The van der Waals surface area contributed by atoms with E-state index in [2.05, 4.69) is 19.9 Å². The normalized spacial score (nSPS) is 44.5. The highest BCUT2D eigenvalue weighted by atomic mass is 16.6. The molecule has 0 amide bonds. The SMILES string of the molecule is CC1=C[C@H]2O[C@@H]3C[C@H]4OC(=O)C=CC=C[C@H]([C@@H](C)O)OCC/C(C)=C\C(=O)OC[C@@]2(CC1)[C@]4(C)[C@]31CO1. The van der Waals surface area contributed by atoms with Crippen LogP contribution < -0.4 is 0 Å². The molecule has 5 aliphatic rings. The van der Waals surface area contributed by atoms with Crippen molar-refractivity contribution < 1.29 is 38.4 Å². The van der Waals surface area contributed by atoms with Gasteiger partial charge in [-0.1, -0.05) is 42.4 Å². The monoisotopic (exact) mass is 514 g/mol. The number of aliphatic hydroxyl groups excluding tert-OH is 1. The van der Waals surface area contributed by atoms with Crippen molar-refractivity contribution in [3.05, 3.63) is 47.6 Å². The third-order valence-electron chi connectivity index (χ3n) is 9.24. The predicted octanol–water partition coefficient (Wildman–Crippen LogP) is 3.34. The first kappa shape index (κ1) is 26.4. The van der Waals surface area contributed by atoms with Crippen LogP contribution in [0.25, 0.3) is 0 Å². The number of hydrogen-bond acceptors (Lipinski definition) is 8. The van der Waals surface area contributed by atoms with E-state index >= 15 is 0 Å². The number of ether oxygens (including phenoxy) is 5. The summed E-state index contributed by atoms with van der Waals surface area (Å²) < 4.78 is 30.6. The molecule has 2 aliphatic carbocycles. The van der Waals surface area contributed by atoms with Crippen molar-refractivity contribution in [1.29, 1.82) is 0 Å². The van der Waals surface area contributed by atoms with Crippen LogP contribution in [0.3, 0.4) is 0 Å². The van der Waals surface area contributed by atoms with E-state index in [9.17, 15) is 14.7 Å². The third-order valence-corrected chi connectivity index (χ3v) is 9.24. The number of carbonyl (C=O) groups excluding carboxylic acids is 2. The van der Waals surface area contributed by atoms with Crippen molar-refractivity contribution in [3.8, 4) is 0 Å². The van der Waals surface area contributed by atoms with Gasteiger partial charge in [-0.05, 0) is 40.0 Å². The molecule has 3 fully saturated rings. The van der Waals surface area contributed by atoms with E-state index in [1.165, 1.54) is 17.7 Å². The van der Waals surface area contributed by atoms with E-state index < -0.39 is 46.7 Å². The minimum Gasteiger partial charge on any atom is -0.462 e. The summed E-state index contributed by atoms with van der Waals surface area (Å²) in [6.45, 7) is 8.73. The lowest BCUT2D eigenvalue weighted by molar-refractivity contribution is -0.232. The second kappa shape index (κ2) is 9.80. The molecule has 202 valence electrons. The van der Waals surface area contributed by atoms with Gasteiger partial charge in [-0.2, -0.15) is 0 Å². The fourth-order valence-electron chi connectivity index (χ4n) is 6.85. The fraction of sp³-hybridized carbons (Fsp3) is 0.655. The summed E-state index contributed by atoms with van der Waals surface area (Å²) in [6.07, 6.45) is 10.5. The molecule has 0 aromatic carbocycles. The molecule has 8 atom stereocenters. The van der Waals surface area contributed by atoms with E-state index in [1.807, 2.05) is 6.92 Å². The standard InChI is InChI=1S/C29H38O8/c1-18-9-11-28-16-34-26(32)14-19(2)10-12-33-21(20(3)30)7-5-6-8-25(31)37-22-15-24(36-23(28)13-18)29(17-35-29)27(22,28)4/h5-8,13-14,20-24,30H,9-12,15-17H2,1-4H3/b7-5?,8-6?,19-14-/t20-,21-,22-,23-,24-,27-,28-,29+/m1/s1. The average molecular weight is 515 g/mol. The summed E-state index contributed by atoms with van der Waals surface area (Å²) >= 11 is 0. The van der Waals surface area contributed by atoms with E-state index in [0.717, 1.165) is 18.4 Å². The first-order valence-corrected chi connectivity index (χ1v) is 13.3. The summed E-state index contributed by atoms with van der Waals surface area (Å²) in [4.78, 5) is 25.9. The quantitative estimate of drug-likeness (QED) is 0.323. The van der Waals surface area contributed by atoms with Gasteiger partial charge in [0.15, 0.2) is 0 Å². The Kier molecular flexibility index (Phi) is 6.98. The van der Waals surface area contributed by atoms with Crippen molar-refractivity contribution >= 4 is 11.9 Å². The highest BCUT2D eigenvalue weighted by Crippen LogP contribution is 2.72. The molecule has 2 spiro atoms. The van der Waals surface area contributed by atoms with Gasteiger partial charge in [0.25, 0.3) is 0 Å². The maximum atomic E-state index is 12.9. The van der Waals surface area contributed by atoms with Gasteiger partial charge in [0.2, 0.25) is 0 Å². The highest BCUT2D eigenvalue weighted by molar-refractivity contribution is 5.83. The Hall–Kier alpha value is -2.26. The van der Waals surface area contributed by atoms with Crippen molar-refractivity contribution in [2.45, 2.75) is 89.5 Å². The summed E-state index contributed by atoms with van der Waals surface area (Å²) in [7, 11) is 0. The summed E-state index contributed by atoms with van der Waals surface area (Å²) in [5, 5.41) is 10.0. The minimum atomic E-state index is -0.735. The summed E-state index contributed by atoms with van der Waals surface area (Å²) in [6, 6.07) is 0. The van der Waals surface area contributed by atoms with Crippen LogP contribution in [0, 0.1) is 10.8 Å². The Morgan fingerprint density at radius 1 is 1.05 bits per heavy atom. The molecule has 0 unspecified atom stereocenters. The Labute approximate surface area is 218 Å². The highest BCUT2D eigenvalue weighted by Gasteiger charge is 2.83. The lowest BCUT2D eigenvalue weighted by Crippen LogP contribution is -2.66. The van der Waals surface area contributed by atoms with Crippen molar-refractivity contribution in [1.82, 2.24) is 0 Å². The van der Waals surface area contributed by atoms with E-state index in [4.69, 9.17) is 23.7 Å². The Morgan fingerprint density at radius 3 is 2.57 bits per heavy atom. The number of epoxide rings is 1. The molecule has 1 saturated carbocycles. The molecule has 1 N–H and O–H groups in total. The zero-order chi connectivity index (χ0) is 26.4. The molecule has 5 rings (SSSR count). The van der Waals surface area contributed by atoms with Crippen LogP contribution in [0.2, 0.25) is 0 Å². The van der Waals surface area contributed by atoms with Gasteiger partial charge in [-0.3, -0.25) is 0 Å². The van der Waals surface area contributed by atoms with Gasteiger partial charge < -0.3 is 28.8 Å². The molecule has 2 bridgehead atoms. The van der Waals surface area contributed by atoms with Gasteiger partial charge in [0.1, 0.15) is 24.4 Å². The van der Waals surface area contributed by atoms with Crippen molar-refractivity contribution in [3.63, 3.8) is 0 Å². The number of allylic oxidation sites excluding steroid dienone is 3. The fourth-order valence-corrected chi connectivity index (χ4v) is 6.85. The smallest absolute Gasteiger partial charge is 0.331 e. The Balaban J connectivity index is 1.51. The van der Waals surface area contributed by atoms with E-state index in [-0.39, 0.29) is 18.8 Å². The zero-order valence-corrected chi connectivity index (χ0v) is 22.1. The molecular formula is C29H38O8. The van der Waals surface area contributed by atoms with Gasteiger partial charge in [-0.15, -0.1) is 0 Å². The Bertz CT molecular complexity index is 1050. The van der Waals surface area contributed by atoms with Gasteiger partial charge >= 0.3 is 11.9 Å². The predicted molar refractivity (Wildman–Crippen MR) is 134 cm³/mol. The molecule has 2 saturated heterocycles. The summed E-state index contributed by atoms with van der Waals surface area (Å²) in [5.41, 5.74) is 0.318. The molecule has 37 heavy (non-hydrogen) atoms. The molecule has 3 heterocycles. The number of esters is 2. The average Bonchev–Trinajstić information content (AvgIpc) is 3.61. The maximum Gasteiger partial charge on any atom is 0.331 e.